The Labute approximate surface area is 75.2 Å². The van der Waals surface area contributed by atoms with Gasteiger partial charge in [-0.3, -0.25) is 4.79 Å². The number of aromatic nitrogens is 2. The summed E-state index contributed by atoms with van der Waals surface area (Å²) in [6.45, 7) is 2.53. The molecule has 4 heteroatoms. The molecule has 0 amide bonds. The molecule has 0 aromatic carbocycles. The summed E-state index contributed by atoms with van der Waals surface area (Å²) in [6.07, 6.45) is 2.81. The molecule has 0 bridgehead atoms. The van der Waals surface area contributed by atoms with Crippen molar-refractivity contribution in [3.8, 4) is 0 Å². The summed E-state index contributed by atoms with van der Waals surface area (Å²) in [5.41, 5.74) is 0.747. The Morgan fingerprint density at radius 1 is 1.75 bits per heavy atom. The number of carbonyl (C=O) groups excluding carboxylic acids is 1. The van der Waals surface area contributed by atoms with Crippen molar-refractivity contribution < 1.29 is 4.79 Å². The third-order valence-electron chi connectivity index (χ3n) is 1.94. The molecule has 1 aromatic heterocycles. The lowest BCUT2D eigenvalue weighted by Crippen LogP contribution is -2.12. The van der Waals surface area contributed by atoms with E-state index in [9.17, 15) is 4.79 Å². The van der Waals surface area contributed by atoms with Gasteiger partial charge in [0.25, 0.3) is 0 Å². The summed E-state index contributed by atoms with van der Waals surface area (Å²) in [5.74, 6) is 1.23. The number of carbonyl (C=O) groups is 1. The minimum atomic E-state index is 0.108. The Kier molecular flexibility index (Phi) is 1.92. The molecule has 0 saturated carbocycles. The molecule has 0 saturated heterocycles. The van der Waals surface area contributed by atoms with Gasteiger partial charge in [-0.15, -0.1) is 0 Å². The molecule has 0 atom stereocenters. The van der Waals surface area contributed by atoms with E-state index < -0.39 is 0 Å². The van der Waals surface area contributed by atoms with Crippen molar-refractivity contribution in [2.45, 2.75) is 25.0 Å². The average molecular weight is 182 g/mol. The van der Waals surface area contributed by atoms with Crippen LogP contribution < -0.4 is 0 Å². The van der Waals surface area contributed by atoms with E-state index in [1.807, 2.05) is 4.57 Å². The molecule has 1 aromatic rings. The molecule has 0 fully saturated rings. The number of imidazole rings is 1. The zero-order valence-electron chi connectivity index (χ0n) is 6.91. The fourth-order valence-electron chi connectivity index (χ4n) is 1.36. The van der Waals surface area contributed by atoms with Gasteiger partial charge >= 0.3 is 0 Å². The number of hydrogen-bond acceptors (Lipinski definition) is 3. The molecule has 3 nitrogen and oxygen atoms in total. The van der Waals surface area contributed by atoms with Crippen LogP contribution in [0.2, 0.25) is 0 Å². The van der Waals surface area contributed by atoms with Gasteiger partial charge in [0, 0.05) is 19.2 Å². The van der Waals surface area contributed by atoms with Crippen LogP contribution in [0.15, 0.2) is 11.4 Å². The molecule has 0 aliphatic carbocycles. The normalized spacial score (nSPS) is 15.8. The first-order valence-corrected chi connectivity index (χ1v) is 4.97. The van der Waals surface area contributed by atoms with Gasteiger partial charge in [-0.2, -0.15) is 0 Å². The van der Waals surface area contributed by atoms with Gasteiger partial charge in [0.1, 0.15) is 5.69 Å². The molecule has 64 valence electrons. The Morgan fingerprint density at radius 3 is 3.33 bits per heavy atom. The molecule has 2 heterocycles. The average Bonchev–Trinajstić information content (AvgIpc) is 2.47. The number of Topliss-reactive ketones (excluding diaryl/α,β-unsaturated/α-hetero) is 1. The van der Waals surface area contributed by atoms with Crippen LogP contribution in [0.25, 0.3) is 0 Å². The van der Waals surface area contributed by atoms with Gasteiger partial charge in [-0.1, -0.05) is 11.8 Å². The fraction of sp³-hybridized carbons (Fsp3) is 0.500. The molecular weight excluding hydrogens is 172 g/mol. The highest BCUT2D eigenvalue weighted by atomic mass is 32.2. The van der Waals surface area contributed by atoms with Gasteiger partial charge in [0.05, 0.1) is 6.20 Å². The van der Waals surface area contributed by atoms with E-state index in [4.69, 9.17) is 0 Å². The third kappa shape index (κ3) is 1.16. The highest BCUT2D eigenvalue weighted by molar-refractivity contribution is 7.99. The second-order valence-electron chi connectivity index (χ2n) is 2.84. The van der Waals surface area contributed by atoms with E-state index in [1.54, 1.807) is 24.9 Å². The second-order valence-corrected chi connectivity index (χ2v) is 3.90. The monoisotopic (exact) mass is 182 g/mol. The SMILES string of the molecule is CC(=O)c1cnc2n1CCCS2. The van der Waals surface area contributed by atoms with Gasteiger partial charge < -0.3 is 4.57 Å². The largest absolute Gasteiger partial charge is 0.317 e. The third-order valence-corrected chi connectivity index (χ3v) is 3.01. The van der Waals surface area contributed by atoms with Crippen LogP contribution in [0.5, 0.6) is 0 Å². The highest BCUT2D eigenvalue weighted by Gasteiger charge is 2.16. The van der Waals surface area contributed by atoms with E-state index in [0.29, 0.717) is 0 Å². The Bertz CT molecular complexity index is 319. The van der Waals surface area contributed by atoms with Crippen molar-refractivity contribution >= 4 is 17.5 Å². The molecular formula is C8H10N2OS. The van der Waals surface area contributed by atoms with Gasteiger partial charge in [0.2, 0.25) is 0 Å². The predicted octanol–water partition coefficient (Wildman–Crippen LogP) is 1.58. The summed E-state index contributed by atoms with van der Waals surface area (Å²) >= 11 is 1.73. The highest BCUT2D eigenvalue weighted by Crippen LogP contribution is 2.24. The molecule has 0 radical (unpaired) electrons. The van der Waals surface area contributed by atoms with Crippen molar-refractivity contribution in [2.24, 2.45) is 0 Å². The predicted molar refractivity (Wildman–Crippen MR) is 47.6 cm³/mol. The van der Waals surface area contributed by atoms with Crippen LogP contribution in [-0.2, 0) is 6.54 Å². The summed E-state index contributed by atoms with van der Waals surface area (Å²) in [6, 6.07) is 0. The lowest BCUT2D eigenvalue weighted by molar-refractivity contribution is 0.100. The molecule has 0 spiro atoms. The van der Waals surface area contributed by atoms with Crippen LogP contribution >= 0.6 is 11.8 Å². The van der Waals surface area contributed by atoms with E-state index in [2.05, 4.69) is 4.98 Å². The van der Waals surface area contributed by atoms with Crippen molar-refractivity contribution in [3.63, 3.8) is 0 Å². The molecule has 12 heavy (non-hydrogen) atoms. The molecule has 0 unspecified atom stereocenters. The summed E-state index contributed by atoms with van der Waals surface area (Å²) in [5, 5.41) is 0.992. The van der Waals surface area contributed by atoms with Crippen LogP contribution in [0.3, 0.4) is 0 Å². The van der Waals surface area contributed by atoms with E-state index in [1.165, 1.54) is 0 Å². The topological polar surface area (TPSA) is 34.9 Å². The van der Waals surface area contributed by atoms with E-state index >= 15 is 0 Å². The standard InChI is InChI=1S/C8H10N2OS/c1-6(11)7-5-9-8-10(7)3-2-4-12-8/h5H,2-4H2,1H3. The van der Waals surface area contributed by atoms with Crippen molar-refractivity contribution in [2.75, 3.05) is 5.75 Å². The zero-order valence-corrected chi connectivity index (χ0v) is 7.73. The fourth-order valence-corrected chi connectivity index (χ4v) is 2.29. The molecule has 0 N–H and O–H groups in total. The number of rotatable bonds is 1. The van der Waals surface area contributed by atoms with Crippen LogP contribution in [-0.4, -0.2) is 21.1 Å². The quantitative estimate of drug-likeness (QED) is 0.618. The molecule has 1 aliphatic heterocycles. The number of ketones is 1. The van der Waals surface area contributed by atoms with Gasteiger partial charge in [-0.05, 0) is 6.42 Å². The van der Waals surface area contributed by atoms with Crippen LogP contribution in [0.4, 0.5) is 0 Å². The zero-order chi connectivity index (χ0) is 8.55. The number of nitrogens with zero attached hydrogens (tertiary/aromatic N) is 2. The summed E-state index contributed by atoms with van der Waals surface area (Å²) in [7, 11) is 0. The maximum Gasteiger partial charge on any atom is 0.177 e. The van der Waals surface area contributed by atoms with Crippen molar-refractivity contribution in [3.05, 3.63) is 11.9 Å². The van der Waals surface area contributed by atoms with Crippen LogP contribution in [0.1, 0.15) is 23.8 Å². The van der Waals surface area contributed by atoms with E-state index in [-0.39, 0.29) is 5.78 Å². The molecule has 1 aliphatic rings. The lowest BCUT2D eigenvalue weighted by atomic mass is 10.3. The summed E-state index contributed by atoms with van der Waals surface area (Å²) in [4.78, 5) is 15.3. The summed E-state index contributed by atoms with van der Waals surface area (Å²) < 4.78 is 2.01. The van der Waals surface area contributed by atoms with Crippen LogP contribution in [0, 0.1) is 0 Å². The number of thioether (sulfide) groups is 1. The van der Waals surface area contributed by atoms with Gasteiger partial charge in [-0.25, -0.2) is 4.98 Å². The minimum absolute atomic E-state index is 0.108. The first-order chi connectivity index (χ1) is 5.79. The molecule has 2 rings (SSSR count). The Hall–Kier alpha value is -0.770. The van der Waals surface area contributed by atoms with Gasteiger partial charge in [0.15, 0.2) is 10.9 Å². The Balaban J connectivity index is 2.44. The number of hydrogen-bond donors (Lipinski definition) is 0. The number of fused-ring (bicyclic) bond motifs is 1. The van der Waals surface area contributed by atoms with E-state index in [0.717, 1.165) is 29.6 Å². The maximum atomic E-state index is 11.1. The first kappa shape index (κ1) is 7.86. The first-order valence-electron chi connectivity index (χ1n) is 3.98. The Morgan fingerprint density at radius 2 is 2.58 bits per heavy atom. The lowest BCUT2D eigenvalue weighted by Gasteiger charge is -2.14. The minimum Gasteiger partial charge on any atom is -0.317 e. The van der Waals surface area contributed by atoms with Crippen molar-refractivity contribution in [1.82, 2.24) is 9.55 Å². The smallest absolute Gasteiger partial charge is 0.177 e. The van der Waals surface area contributed by atoms with Crippen molar-refractivity contribution in [1.29, 1.82) is 0 Å². The maximum absolute atomic E-state index is 11.1. The second kappa shape index (κ2) is 2.94.